The Hall–Kier alpha value is 0.0700. The first-order valence-corrected chi connectivity index (χ1v) is 7.93. The van der Waals surface area contributed by atoms with Crippen LogP contribution in [0.25, 0.3) is 0 Å². The van der Waals surface area contributed by atoms with Crippen LogP contribution in [-0.4, -0.2) is 53.8 Å². The molecule has 1 N–H and O–H groups in total. The summed E-state index contributed by atoms with van der Waals surface area (Å²) in [4.78, 5) is 2.40. The predicted octanol–water partition coefficient (Wildman–Crippen LogP) is 1.07. The van der Waals surface area contributed by atoms with Gasteiger partial charge < -0.3 is 10.2 Å². The van der Waals surface area contributed by atoms with E-state index in [1.165, 1.54) is 25.9 Å². The predicted molar refractivity (Wildman–Crippen MR) is 71.2 cm³/mol. The number of nitrogens with one attached hydrogen (secondary N) is 1. The van der Waals surface area contributed by atoms with Crippen LogP contribution >= 0.6 is 0 Å². The molecule has 1 saturated heterocycles. The van der Waals surface area contributed by atoms with Gasteiger partial charge in [-0.05, 0) is 58.4 Å². The van der Waals surface area contributed by atoms with Crippen LogP contribution < -0.4 is 5.32 Å². The van der Waals surface area contributed by atoms with Crippen molar-refractivity contribution in [1.29, 1.82) is 0 Å². The SMILES string of the molecule is CC(CCNCC1CCN(C)CC1)S(C)=O. The molecule has 0 aliphatic carbocycles. The van der Waals surface area contributed by atoms with Crippen molar-refractivity contribution in [2.75, 3.05) is 39.5 Å². The average molecular weight is 246 g/mol. The van der Waals surface area contributed by atoms with E-state index in [9.17, 15) is 4.21 Å². The van der Waals surface area contributed by atoms with Crippen LogP contribution in [0.15, 0.2) is 0 Å². The highest BCUT2D eigenvalue weighted by atomic mass is 32.2. The Bertz CT molecular complexity index is 215. The molecule has 2 atom stereocenters. The Labute approximate surface area is 102 Å². The highest BCUT2D eigenvalue weighted by molar-refractivity contribution is 7.84. The van der Waals surface area contributed by atoms with Gasteiger partial charge in [0.15, 0.2) is 0 Å². The Morgan fingerprint density at radius 1 is 1.44 bits per heavy atom. The van der Waals surface area contributed by atoms with Gasteiger partial charge in [-0.2, -0.15) is 0 Å². The zero-order valence-corrected chi connectivity index (χ0v) is 11.7. The summed E-state index contributed by atoms with van der Waals surface area (Å²) in [6.45, 7) is 6.68. The first-order chi connectivity index (χ1) is 7.59. The summed E-state index contributed by atoms with van der Waals surface area (Å²) < 4.78 is 11.2. The maximum absolute atomic E-state index is 11.2. The number of nitrogens with zero attached hydrogens (tertiary/aromatic N) is 1. The number of hydrogen-bond acceptors (Lipinski definition) is 3. The van der Waals surface area contributed by atoms with E-state index >= 15 is 0 Å². The van der Waals surface area contributed by atoms with Gasteiger partial charge in [0.05, 0.1) is 0 Å². The Morgan fingerprint density at radius 2 is 2.06 bits per heavy atom. The van der Waals surface area contributed by atoms with Crippen molar-refractivity contribution >= 4 is 10.8 Å². The van der Waals surface area contributed by atoms with Crippen LogP contribution in [0.4, 0.5) is 0 Å². The fourth-order valence-corrected chi connectivity index (χ4v) is 2.49. The van der Waals surface area contributed by atoms with Gasteiger partial charge >= 0.3 is 0 Å². The molecule has 1 aliphatic rings. The highest BCUT2D eigenvalue weighted by Gasteiger charge is 2.16. The number of rotatable bonds is 6. The van der Waals surface area contributed by atoms with Crippen molar-refractivity contribution in [3.05, 3.63) is 0 Å². The molecule has 0 saturated carbocycles. The largest absolute Gasteiger partial charge is 0.316 e. The standard InChI is InChI=1S/C12H26N2OS/c1-11(16(3)15)4-7-13-10-12-5-8-14(2)9-6-12/h11-13H,4-10H2,1-3H3. The minimum absolute atomic E-state index is 0.324. The molecule has 0 radical (unpaired) electrons. The third-order valence-electron chi connectivity index (χ3n) is 3.57. The molecule has 0 aromatic heterocycles. The second-order valence-electron chi connectivity index (χ2n) is 5.05. The second kappa shape index (κ2) is 7.41. The summed E-state index contributed by atoms with van der Waals surface area (Å²) in [5.41, 5.74) is 0. The van der Waals surface area contributed by atoms with Crippen LogP contribution in [0.5, 0.6) is 0 Å². The van der Waals surface area contributed by atoms with E-state index in [-0.39, 0.29) is 0 Å². The second-order valence-corrected chi connectivity index (χ2v) is 6.85. The lowest BCUT2D eigenvalue weighted by Crippen LogP contribution is -2.35. The maximum atomic E-state index is 11.2. The topological polar surface area (TPSA) is 32.3 Å². The zero-order chi connectivity index (χ0) is 12.0. The van der Waals surface area contributed by atoms with E-state index in [0.717, 1.165) is 25.4 Å². The molecule has 1 aliphatic heterocycles. The number of likely N-dealkylation sites (tertiary alicyclic amines) is 1. The molecule has 0 bridgehead atoms. The van der Waals surface area contributed by atoms with Crippen LogP contribution in [0, 0.1) is 5.92 Å². The van der Waals surface area contributed by atoms with Gasteiger partial charge in [0, 0.05) is 22.3 Å². The number of piperidine rings is 1. The summed E-state index contributed by atoms with van der Waals surface area (Å²) in [6, 6.07) is 0. The van der Waals surface area contributed by atoms with Crippen molar-refractivity contribution in [2.45, 2.75) is 31.4 Å². The fraction of sp³-hybridized carbons (Fsp3) is 1.00. The van der Waals surface area contributed by atoms with E-state index in [4.69, 9.17) is 0 Å². The molecule has 2 unspecified atom stereocenters. The summed E-state index contributed by atoms with van der Waals surface area (Å²) in [5.74, 6) is 0.846. The number of hydrogen-bond donors (Lipinski definition) is 1. The molecule has 1 fully saturated rings. The highest BCUT2D eigenvalue weighted by Crippen LogP contribution is 2.14. The van der Waals surface area contributed by atoms with Gasteiger partial charge in [-0.3, -0.25) is 4.21 Å². The van der Waals surface area contributed by atoms with Crippen LogP contribution in [0.3, 0.4) is 0 Å². The van der Waals surface area contributed by atoms with Gasteiger partial charge in [0.2, 0.25) is 0 Å². The molecule has 0 spiro atoms. The third kappa shape index (κ3) is 5.41. The van der Waals surface area contributed by atoms with E-state index in [2.05, 4.69) is 24.2 Å². The van der Waals surface area contributed by atoms with E-state index in [1.807, 2.05) is 0 Å². The fourth-order valence-electron chi connectivity index (χ4n) is 2.04. The molecular weight excluding hydrogens is 220 g/mol. The molecule has 16 heavy (non-hydrogen) atoms. The molecule has 0 aromatic rings. The Kier molecular flexibility index (Phi) is 6.54. The molecule has 0 amide bonds. The first-order valence-electron chi connectivity index (χ1n) is 6.31. The molecule has 4 heteroatoms. The normalized spacial score (nSPS) is 23.2. The quantitative estimate of drug-likeness (QED) is 0.712. The zero-order valence-electron chi connectivity index (χ0n) is 10.9. The van der Waals surface area contributed by atoms with Crippen molar-refractivity contribution in [2.24, 2.45) is 5.92 Å². The lowest BCUT2D eigenvalue weighted by atomic mass is 9.97. The first kappa shape index (κ1) is 14.1. The smallest absolute Gasteiger partial charge is 0.0329 e. The Morgan fingerprint density at radius 3 is 2.62 bits per heavy atom. The lowest BCUT2D eigenvalue weighted by molar-refractivity contribution is 0.216. The molecule has 96 valence electrons. The van der Waals surface area contributed by atoms with Gasteiger partial charge in [-0.1, -0.05) is 6.92 Å². The van der Waals surface area contributed by atoms with Crippen molar-refractivity contribution < 1.29 is 4.21 Å². The van der Waals surface area contributed by atoms with Gasteiger partial charge in [-0.25, -0.2) is 0 Å². The van der Waals surface area contributed by atoms with Crippen molar-refractivity contribution in [3.63, 3.8) is 0 Å². The van der Waals surface area contributed by atoms with Gasteiger partial charge in [-0.15, -0.1) is 0 Å². The third-order valence-corrected chi connectivity index (χ3v) is 4.93. The average Bonchev–Trinajstić information content (AvgIpc) is 2.26. The van der Waals surface area contributed by atoms with Crippen molar-refractivity contribution in [1.82, 2.24) is 10.2 Å². The molecule has 1 heterocycles. The molecule has 0 aromatic carbocycles. The molecule has 3 nitrogen and oxygen atoms in total. The van der Waals surface area contributed by atoms with Crippen molar-refractivity contribution in [3.8, 4) is 0 Å². The summed E-state index contributed by atoms with van der Waals surface area (Å²) in [6.07, 6.45) is 5.45. The van der Waals surface area contributed by atoms with Gasteiger partial charge in [0.25, 0.3) is 0 Å². The van der Waals surface area contributed by atoms with Gasteiger partial charge in [0.1, 0.15) is 0 Å². The molecule has 1 rings (SSSR count). The van der Waals surface area contributed by atoms with E-state index in [0.29, 0.717) is 5.25 Å². The van der Waals surface area contributed by atoms with Crippen LogP contribution in [0.2, 0.25) is 0 Å². The maximum Gasteiger partial charge on any atom is 0.0329 e. The summed E-state index contributed by atoms with van der Waals surface area (Å²) in [5, 5.41) is 3.83. The van der Waals surface area contributed by atoms with Crippen LogP contribution in [0.1, 0.15) is 26.2 Å². The molecular formula is C12H26N2OS. The van der Waals surface area contributed by atoms with E-state index in [1.54, 1.807) is 6.26 Å². The minimum atomic E-state index is -0.670. The summed E-state index contributed by atoms with van der Waals surface area (Å²) >= 11 is 0. The lowest BCUT2D eigenvalue weighted by Gasteiger charge is -2.29. The van der Waals surface area contributed by atoms with Crippen LogP contribution in [-0.2, 0) is 10.8 Å². The summed E-state index contributed by atoms with van der Waals surface area (Å²) in [7, 11) is 1.53. The van der Waals surface area contributed by atoms with E-state index < -0.39 is 10.8 Å². The Balaban J connectivity index is 2.01. The monoisotopic (exact) mass is 246 g/mol. The minimum Gasteiger partial charge on any atom is -0.316 e.